The Morgan fingerprint density at radius 2 is 1.80 bits per heavy atom. The first-order valence-electron chi connectivity index (χ1n) is 8.71. The SMILES string of the molecule is CC(C)=C1C=C2CCC3C(C)(C)CCC[C@]3(C)[C@H]2CC1. The summed E-state index contributed by atoms with van der Waals surface area (Å²) in [6, 6.07) is 0. The van der Waals surface area contributed by atoms with Crippen LogP contribution in [0, 0.1) is 22.7 Å². The van der Waals surface area contributed by atoms with E-state index in [4.69, 9.17) is 0 Å². The van der Waals surface area contributed by atoms with Gasteiger partial charge in [0.2, 0.25) is 0 Å². The summed E-state index contributed by atoms with van der Waals surface area (Å²) in [7, 11) is 0. The molecule has 1 unspecified atom stereocenters. The summed E-state index contributed by atoms with van der Waals surface area (Å²) >= 11 is 0. The minimum absolute atomic E-state index is 0.565. The molecule has 0 heteroatoms. The standard InChI is InChI=1S/C20H32/c1-14(2)15-7-9-17-16(13-15)8-10-18-19(3,4)11-6-12-20(17,18)5/h13,17-18H,6-12H2,1-5H3/t17-,18?,20+/m0/s1. The molecule has 0 bridgehead atoms. The largest absolute Gasteiger partial charge is 0.0732 e. The second-order valence-corrected chi connectivity index (χ2v) is 8.77. The maximum absolute atomic E-state index is 2.63. The van der Waals surface area contributed by atoms with Crippen molar-refractivity contribution in [1.82, 2.24) is 0 Å². The van der Waals surface area contributed by atoms with Gasteiger partial charge in [0, 0.05) is 0 Å². The first-order valence-corrected chi connectivity index (χ1v) is 8.71. The molecule has 0 amide bonds. The molecule has 2 fully saturated rings. The summed E-state index contributed by atoms with van der Waals surface area (Å²) in [4.78, 5) is 0. The molecule has 0 aromatic heterocycles. The molecular weight excluding hydrogens is 240 g/mol. The predicted molar refractivity (Wildman–Crippen MR) is 87.6 cm³/mol. The highest BCUT2D eigenvalue weighted by Crippen LogP contribution is 2.62. The van der Waals surface area contributed by atoms with Gasteiger partial charge in [-0.05, 0) is 80.6 Å². The van der Waals surface area contributed by atoms with Crippen LogP contribution in [0.5, 0.6) is 0 Å². The topological polar surface area (TPSA) is 0 Å². The zero-order chi connectivity index (χ0) is 14.5. The van der Waals surface area contributed by atoms with Crippen LogP contribution in [-0.2, 0) is 0 Å². The highest BCUT2D eigenvalue weighted by molar-refractivity contribution is 5.34. The Hall–Kier alpha value is -0.520. The van der Waals surface area contributed by atoms with Crippen molar-refractivity contribution in [2.24, 2.45) is 22.7 Å². The summed E-state index contributed by atoms with van der Waals surface area (Å²) in [5, 5.41) is 0. The average Bonchev–Trinajstić information content (AvgIpc) is 2.37. The molecule has 3 rings (SSSR count). The van der Waals surface area contributed by atoms with Gasteiger partial charge in [-0.25, -0.2) is 0 Å². The number of fused-ring (bicyclic) bond motifs is 3. The van der Waals surface area contributed by atoms with Crippen molar-refractivity contribution in [1.29, 1.82) is 0 Å². The Labute approximate surface area is 125 Å². The highest BCUT2D eigenvalue weighted by atomic mass is 14.6. The van der Waals surface area contributed by atoms with E-state index in [1.807, 2.05) is 0 Å². The first kappa shape index (κ1) is 14.4. The molecule has 0 heterocycles. The van der Waals surface area contributed by atoms with Crippen molar-refractivity contribution in [3.05, 3.63) is 22.8 Å². The second kappa shape index (κ2) is 4.75. The van der Waals surface area contributed by atoms with Crippen LogP contribution in [0.15, 0.2) is 22.8 Å². The van der Waals surface area contributed by atoms with Crippen LogP contribution in [0.1, 0.15) is 79.6 Å². The van der Waals surface area contributed by atoms with E-state index in [2.05, 4.69) is 40.7 Å². The van der Waals surface area contributed by atoms with E-state index in [1.54, 1.807) is 11.1 Å². The quantitative estimate of drug-likeness (QED) is 0.486. The van der Waals surface area contributed by atoms with Crippen molar-refractivity contribution in [3.63, 3.8) is 0 Å². The van der Waals surface area contributed by atoms with Crippen LogP contribution in [0.3, 0.4) is 0 Å². The van der Waals surface area contributed by atoms with Crippen LogP contribution in [0.2, 0.25) is 0 Å². The van der Waals surface area contributed by atoms with E-state index < -0.39 is 0 Å². The predicted octanol–water partition coefficient (Wildman–Crippen LogP) is 6.29. The Morgan fingerprint density at radius 3 is 2.50 bits per heavy atom. The number of rotatable bonds is 0. The molecule has 0 nitrogen and oxygen atoms in total. The zero-order valence-electron chi connectivity index (χ0n) is 14.2. The van der Waals surface area contributed by atoms with E-state index in [9.17, 15) is 0 Å². The van der Waals surface area contributed by atoms with Crippen LogP contribution in [0.25, 0.3) is 0 Å². The van der Waals surface area contributed by atoms with Gasteiger partial charge in [-0.2, -0.15) is 0 Å². The zero-order valence-corrected chi connectivity index (χ0v) is 14.2. The molecule has 3 atom stereocenters. The summed E-state index contributed by atoms with van der Waals surface area (Å²) in [6.45, 7) is 12.3. The molecule has 0 aromatic carbocycles. The maximum atomic E-state index is 2.63. The fourth-order valence-electron chi connectivity index (χ4n) is 5.89. The van der Waals surface area contributed by atoms with Gasteiger partial charge in [0.15, 0.2) is 0 Å². The third kappa shape index (κ3) is 2.11. The summed E-state index contributed by atoms with van der Waals surface area (Å²) in [6.07, 6.45) is 12.5. The van der Waals surface area contributed by atoms with Crippen molar-refractivity contribution < 1.29 is 0 Å². The van der Waals surface area contributed by atoms with Crippen molar-refractivity contribution in [2.75, 3.05) is 0 Å². The monoisotopic (exact) mass is 272 g/mol. The molecule has 3 aliphatic rings. The molecular formula is C20H32. The summed E-state index contributed by atoms with van der Waals surface area (Å²) in [5.41, 5.74) is 6.11. The lowest BCUT2D eigenvalue weighted by Crippen LogP contribution is -2.50. The molecule has 2 saturated carbocycles. The van der Waals surface area contributed by atoms with Crippen molar-refractivity contribution in [2.45, 2.75) is 79.6 Å². The minimum Gasteiger partial charge on any atom is -0.0732 e. The maximum Gasteiger partial charge on any atom is -0.0140 e. The van der Waals surface area contributed by atoms with Crippen molar-refractivity contribution >= 4 is 0 Å². The lowest BCUT2D eigenvalue weighted by molar-refractivity contribution is -0.0551. The Kier molecular flexibility index (Phi) is 3.42. The summed E-state index contributed by atoms with van der Waals surface area (Å²) in [5.74, 6) is 1.82. The van der Waals surface area contributed by atoms with E-state index in [1.165, 1.54) is 50.5 Å². The molecule has 0 saturated heterocycles. The Bertz CT molecular complexity index is 458. The number of hydrogen-bond donors (Lipinski definition) is 0. The van der Waals surface area contributed by atoms with Crippen LogP contribution in [0.4, 0.5) is 0 Å². The molecule has 0 aliphatic heterocycles. The minimum atomic E-state index is 0.565. The smallest absolute Gasteiger partial charge is 0.0140 e. The van der Waals surface area contributed by atoms with Crippen LogP contribution in [-0.4, -0.2) is 0 Å². The molecule has 0 spiro atoms. The second-order valence-electron chi connectivity index (χ2n) is 8.77. The molecule has 20 heavy (non-hydrogen) atoms. The van der Waals surface area contributed by atoms with Gasteiger partial charge >= 0.3 is 0 Å². The Balaban J connectivity index is 1.97. The van der Waals surface area contributed by atoms with Gasteiger partial charge in [0.05, 0.1) is 0 Å². The molecule has 0 N–H and O–H groups in total. The van der Waals surface area contributed by atoms with Gasteiger partial charge in [0.1, 0.15) is 0 Å². The molecule has 0 aromatic rings. The van der Waals surface area contributed by atoms with Gasteiger partial charge in [-0.3, -0.25) is 0 Å². The van der Waals surface area contributed by atoms with E-state index in [0.717, 1.165) is 11.8 Å². The van der Waals surface area contributed by atoms with Gasteiger partial charge < -0.3 is 0 Å². The van der Waals surface area contributed by atoms with E-state index >= 15 is 0 Å². The fraction of sp³-hybridized carbons (Fsp3) is 0.800. The van der Waals surface area contributed by atoms with Crippen LogP contribution >= 0.6 is 0 Å². The first-order chi connectivity index (χ1) is 9.34. The third-order valence-electron chi connectivity index (χ3n) is 6.95. The lowest BCUT2D eigenvalue weighted by Gasteiger charge is -2.59. The highest BCUT2D eigenvalue weighted by Gasteiger charge is 2.53. The molecule has 0 radical (unpaired) electrons. The molecule has 112 valence electrons. The normalized spacial score (nSPS) is 39.6. The fourth-order valence-corrected chi connectivity index (χ4v) is 5.89. The molecule has 3 aliphatic carbocycles. The van der Waals surface area contributed by atoms with E-state index in [-0.39, 0.29) is 0 Å². The van der Waals surface area contributed by atoms with Gasteiger partial charge in [-0.15, -0.1) is 0 Å². The third-order valence-corrected chi connectivity index (χ3v) is 6.95. The van der Waals surface area contributed by atoms with Gasteiger partial charge in [-0.1, -0.05) is 44.4 Å². The number of hydrogen-bond acceptors (Lipinski definition) is 0. The Morgan fingerprint density at radius 1 is 1.05 bits per heavy atom. The lowest BCUT2D eigenvalue weighted by atomic mass is 9.46. The number of allylic oxidation sites excluding steroid dienone is 4. The summed E-state index contributed by atoms with van der Waals surface area (Å²) < 4.78 is 0. The van der Waals surface area contributed by atoms with Gasteiger partial charge in [0.25, 0.3) is 0 Å². The van der Waals surface area contributed by atoms with E-state index in [0.29, 0.717) is 10.8 Å². The van der Waals surface area contributed by atoms with Crippen molar-refractivity contribution in [3.8, 4) is 0 Å². The van der Waals surface area contributed by atoms with Crippen LogP contribution < -0.4 is 0 Å². The average molecular weight is 272 g/mol.